The molecule has 0 saturated carbocycles. The van der Waals surface area contributed by atoms with Crippen LogP contribution in [0.3, 0.4) is 0 Å². The number of carbonyl (C=O) groups is 1. The number of likely N-dealkylation sites (tertiary alicyclic amines) is 1. The molecule has 0 radical (unpaired) electrons. The van der Waals surface area contributed by atoms with Crippen molar-refractivity contribution in [3.05, 3.63) is 0 Å². The van der Waals surface area contributed by atoms with Gasteiger partial charge in [0.15, 0.2) is 0 Å². The number of carboxylic acids is 1. The summed E-state index contributed by atoms with van der Waals surface area (Å²) in [4.78, 5) is 15.7. The summed E-state index contributed by atoms with van der Waals surface area (Å²) in [6, 6.07) is 0. The van der Waals surface area contributed by atoms with Crippen LogP contribution < -0.4 is 0 Å². The minimum absolute atomic E-state index is 0.178. The van der Waals surface area contributed by atoms with Crippen LogP contribution in [-0.2, 0) is 9.53 Å². The van der Waals surface area contributed by atoms with Crippen LogP contribution in [0.5, 0.6) is 0 Å². The number of morpholine rings is 1. The minimum Gasteiger partial charge on any atom is -0.481 e. The number of likely N-dealkylation sites (N-methyl/N-ethyl adjacent to an activating group) is 1. The van der Waals surface area contributed by atoms with E-state index >= 15 is 0 Å². The van der Waals surface area contributed by atoms with Gasteiger partial charge in [0.05, 0.1) is 19.6 Å². The van der Waals surface area contributed by atoms with E-state index in [2.05, 4.69) is 16.8 Å². The highest BCUT2D eigenvalue weighted by atomic mass is 16.5. The van der Waals surface area contributed by atoms with Gasteiger partial charge in [-0.15, -0.1) is 0 Å². The first kappa shape index (κ1) is 12.8. The van der Waals surface area contributed by atoms with Crippen LogP contribution in [0.25, 0.3) is 0 Å². The van der Waals surface area contributed by atoms with Gasteiger partial charge in [0.25, 0.3) is 0 Å². The molecule has 2 heterocycles. The fraction of sp³-hybridized carbons (Fsp3) is 0.917. The Kier molecular flexibility index (Phi) is 4.01. The van der Waals surface area contributed by atoms with E-state index in [9.17, 15) is 9.90 Å². The van der Waals surface area contributed by atoms with Gasteiger partial charge in [-0.1, -0.05) is 0 Å². The van der Waals surface area contributed by atoms with Crippen molar-refractivity contribution in [2.45, 2.75) is 24.8 Å². The minimum atomic E-state index is -0.688. The highest BCUT2D eigenvalue weighted by Gasteiger charge is 2.41. The van der Waals surface area contributed by atoms with Gasteiger partial charge in [-0.3, -0.25) is 9.69 Å². The Morgan fingerprint density at radius 1 is 1.35 bits per heavy atom. The molecule has 0 amide bonds. The van der Waals surface area contributed by atoms with Gasteiger partial charge >= 0.3 is 5.97 Å². The SMILES string of the molecule is CN1CCCC(CC(=O)O)(N2CCOCC2)C1. The van der Waals surface area contributed by atoms with E-state index in [1.165, 1.54) is 0 Å². The van der Waals surface area contributed by atoms with Crippen molar-refractivity contribution in [1.82, 2.24) is 9.80 Å². The van der Waals surface area contributed by atoms with E-state index in [4.69, 9.17) is 4.74 Å². The van der Waals surface area contributed by atoms with Crippen LogP contribution in [0.15, 0.2) is 0 Å². The zero-order valence-corrected chi connectivity index (χ0v) is 10.5. The average Bonchev–Trinajstić information content (AvgIpc) is 2.29. The smallest absolute Gasteiger partial charge is 0.305 e. The second-order valence-electron chi connectivity index (χ2n) is 5.24. The third-order valence-corrected chi connectivity index (χ3v) is 3.91. The summed E-state index contributed by atoms with van der Waals surface area (Å²) in [6.45, 7) is 5.11. The molecule has 2 aliphatic rings. The average molecular weight is 242 g/mol. The van der Waals surface area contributed by atoms with E-state index in [0.29, 0.717) is 0 Å². The maximum atomic E-state index is 11.1. The van der Waals surface area contributed by atoms with Gasteiger partial charge in [0, 0.05) is 25.2 Å². The second kappa shape index (κ2) is 5.33. The van der Waals surface area contributed by atoms with Crippen molar-refractivity contribution in [3.63, 3.8) is 0 Å². The fourth-order valence-electron chi connectivity index (χ4n) is 3.17. The molecule has 2 rings (SSSR count). The van der Waals surface area contributed by atoms with E-state index < -0.39 is 5.97 Å². The molecule has 2 aliphatic heterocycles. The summed E-state index contributed by atoms with van der Waals surface area (Å²) in [5.41, 5.74) is -0.178. The maximum absolute atomic E-state index is 11.1. The normalized spacial score (nSPS) is 32.5. The molecule has 1 unspecified atom stereocenters. The van der Waals surface area contributed by atoms with Crippen LogP contribution in [0, 0.1) is 0 Å². The van der Waals surface area contributed by atoms with E-state index in [1.54, 1.807) is 0 Å². The molecule has 98 valence electrons. The summed E-state index contributed by atoms with van der Waals surface area (Å²) in [5, 5.41) is 9.17. The van der Waals surface area contributed by atoms with E-state index in [-0.39, 0.29) is 12.0 Å². The van der Waals surface area contributed by atoms with Crippen molar-refractivity contribution >= 4 is 5.97 Å². The number of rotatable bonds is 3. The molecule has 0 aromatic carbocycles. The van der Waals surface area contributed by atoms with Crippen LogP contribution >= 0.6 is 0 Å². The van der Waals surface area contributed by atoms with Gasteiger partial charge in [-0.05, 0) is 26.4 Å². The zero-order chi connectivity index (χ0) is 12.3. The molecule has 2 saturated heterocycles. The predicted molar refractivity (Wildman–Crippen MR) is 64.1 cm³/mol. The Labute approximate surface area is 102 Å². The lowest BCUT2D eigenvalue weighted by atomic mass is 9.84. The fourth-order valence-corrected chi connectivity index (χ4v) is 3.17. The highest BCUT2D eigenvalue weighted by Crippen LogP contribution is 2.31. The Balaban J connectivity index is 2.12. The van der Waals surface area contributed by atoms with Gasteiger partial charge in [0.1, 0.15) is 0 Å². The summed E-state index contributed by atoms with van der Waals surface area (Å²) in [5.74, 6) is -0.688. The molecule has 5 nitrogen and oxygen atoms in total. The van der Waals surface area contributed by atoms with Crippen molar-refractivity contribution in [1.29, 1.82) is 0 Å². The van der Waals surface area contributed by atoms with Gasteiger partial charge in [-0.25, -0.2) is 0 Å². The summed E-state index contributed by atoms with van der Waals surface area (Å²) >= 11 is 0. The van der Waals surface area contributed by atoms with Crippen LogP contribution in [0.1, 0.15) is 19.3 Å². The predicted octanol–water partition coefficient (Wildman–Crippen LogP) is 0.258. The Morgan fingerprint density at radius 2 is 2.06 bits per heavy atom. The number of piperidine rings is 1. The number of hydrogen-bond acceptors (Lipinski definition) is 4. The van der Waals surface area contributed by atoms with Gasteiger partial charge < -0.3 is 14.7 Å². The van der Waals surface area contributed by atoms with Crippen molar-refractivity contribution in [2.24, 2.45) is 0 Å². The molecular weight excluding hydrogens is 220 g/mol. The molecule has 2 fully saturated rings. The topological polar surface area (TPSA) is 53.0 Å². The maximum Gasteiger partial charge on any atom is 0.305 e. The first-order valence-electron chi connectivity index (χ1n) is 6.36. The number of ether oxygens (including phenoxy) is 1. The van der Waals surface area contributed by atoms with E-state index in [1.807, 2.05) is 0 Å². The molecule has 1 atom stereocenters. The molecule has 0 aromatic heterocycles. The van der Waals surface area contributed by atoms with Crippen LogP contribution in [0.2, 0.25) is 0 Å². The van der Waals surface area contributed by atoms with E-state index in [0.717, 1.165) is 52.2 Å². The number of nitrogens with zero attached hydrogens (tertiary/aromatic N) is 2. The zero-order valence-electron chi connectivity index (χ0n) is 10.5. The molecule has 5 heteroatoms. The Hall–Kier alpha value is -0.650. The van der Waals surface area contributed by atoms with Crippen LogP contribution in [-0.4, -0.2) is 72.9 Å². The molecular formula is C12H22N2O3. The van der Waals surface area contributed by atoms with Crippen molar-refractivity contribution in [3.8, 4) is 0 Å². The molecule has 0 bridgehead atoms. The number of hydrogen-bond donors (Lipinski definition) is 1. The molecule has 0 aliphatic carbocycles. The number of aliphatic carboxylic acids is 1. The summed E-state index contributed by atoms with van der Waals surface area (Å²) < 4.78 is 5.36. The van der Waals surface area contributed by atoms with Crippen molar-refractivity contribution in [2.75, 3.05) is 46.4 Å². The lowest BCUT2D eigenvalue weighted by molar-refractivity contribution is -0.143. The highest BCUT2D eigenvalue weighted by molar-refractivity contribution is 5.68. The first-order valence-corrected chi connectivity index (χ1v) is 6.36. The lowest BCUT2D eigenvalue weighted by Crippen LogP contribution is -2.61. The molecule has 0 spiro atoms. The summed E-state index contributed by atoms with van der Waals surface area (Å²) in [7, 11) is 2.08. The lowest BCUT2D eigenvalue weighted by Gasteiger charge is -2.49. The van der Waals surface area contributed by atoms with Crippen LogP contribution in [0.4, 0.5) is 0 Å². The largest absolute Gasteiger partial charge is 0.481 e. The Bertz CT molecular complexity index is 279. The molecule has 17 heavy (non-hydrogen) atoms. The van der Waals surface area contributed by atoms with Gasteiger partial charge in [-0.2, -0.15) is 0 Å². The van der Waals surface area contributed by atoms with Crippen molar-refractivity contribution < 1.29 is 14.6 Å². The number of carboxylic acid groups (broad SMARTS) is 1. The third-order valence-electron chi connectivity index (χ3n) is 3.91. The molecule has 1 N–H and O–H groups in total. The Morgan fingerprint density at radius 3 is 2.65 bits per heavy atom. The quantitative estimate of drug-likeness (QED) is 0.769. The third kappa shape index (κ3) is 2.97. The second-order valence-corrected chi connectivity index (χ2v) is 5.24. The molecule has 0 aromatic rings. The monoisotopic (exact) mass is 242 g/mol. The summed E-state index contributed by atoms with van der Waals surface area (Å²) in [6.07, 6.45) is 2.32. The first-order chi connectivity index (χ1) is 8.12. The van der Waals surface area contributed by atoms with Gasteiger partial charge in [0.2, 0.25) is 0 Å². The standard InChI is InChI=1S/C12H22N2O3/c1-13-4-2-3-12(10-13,9-11(15)16)14-5-7-17-8-6-14/h2-10H2,1H3,(H,15,16).